The summed E-state index contributed by atoms with van der Waals surface area (Å²) in [6, 6.07) is 10.3. The van der Waals surface area contributed by atoms with Crippen LogP contribution in [0.3, 0.4) is 0 Å². The summed E-state index contributed by atoms with van der Waals surface area (Å²) >= 11 is 11.8. The van der Waals surface area contributed by atoms with Gasteiger partial charge in [0.05, 0.1) is 5.92 Å². The van der Waals surface area contributed by atoms with Gasteiger partial charge in [0.2, 0.25) is 5.91 Å². The van der Waals surface area contributed by atoms with Gasteiger partial charge < -0.3 is 15.0 Å². The molecule has 2 amide bonds. The van der Waals surface area contributed by atoms with Crippen molar-refractivity contribution in [1.29, 1.82) is 0 Å². The molecule has 0 spiro atoms. The third-order valence-electron chi connectivity index (χ3n) is 4.75. The number of benzene rings is 2. The molecule has 6 nitrogen and oxygen atoms in total. The Kier molecular flexibility index (Phi) is 6.45. The van der Waals surface area contributed by atoms with Crippen LogP contribution in [0.4, 0.5) is 11.4 Å². The molecular formula is C21H20Cl2N2O4. The van der Waals surface area contributed by atoms with Crippen LogP contribution in [-0.4, -0.2) is 30.9 Å². The second kappa shape index (κ2) is 8.84. The number of amides is 2. The lowest BCUT2D eigenvalue weighted by Gasteiger charge is -2.17. The van der Waals surface area contributed by atoms with Gasteiger partial charge in [-0.25, -0.2) is 0 Å². The van der Waals surface area contributed by atoms with Gasteiger partial charge >= 0.3 is 5.97 Å². The van der Waals surface area contributed by atoms with Crippen LogP contribution in [-0.2, 0) is 19.1 Å². The van der Waals surface area contributed by atoms with Gasteiger partial charge in [-0.2, -0.15) is 0 Å². The fraction of sp³-hybridized carbons (Fsp3) is 0.286. The van der Waals surface area contributed by atoms with Crippen LogP contribution < -0.4 is 10.2 Å². The number of nitrogens with one attached hydrogen (secondary N) is 1. The van der Waals surface area contributed by atoms with E-state index in [1.807, 2.05) is 32.0 Å². The molecule has 0 unspecified atom stereocenters. The zero-order chi connectivity index (χ0) is 21.1. The molecule has 1 fully saturated rings. The molecule has 0 saturated carbocycles. The van der Waals surface area contributed by atoms with E-state index in [0.717, 1.165) is 16.8 Å². The van der Waals surface area contributed by atoms with E-state index in [0.29, 0.717) is 15.7 Å². The Morgan fingerprint density at radius 1 is 1.10 bits per heavy atom. The standard InChI is InChI=1S/C21H20Cl2N2O4/c1-12-3-4-18(5-13(12)2)25-10-14(6-20(25)27)21(28)29-11-19(26)24-17-8-15(22)7-16(23)9-17/h3-5,7-9,14H,6,10-11H2,1-2H3,(H,24,26)/t14-/m1/s1. The first-order valence-electron chi connectivity index (χ1n) is 9.03. The fourth-order valence-electron chi connectivity index (χ4n) is 3.09. The van der Waals surface area contributed by atoms with Crippen LogP contribution >= 0.6 is 23.2 Å². The summed E-state index contributed by atoms with van der Waals surface area (Å²) in [4.78, 5) is 38.3. The number of ether oxygens (including phenoxy) is 1. The predicted octanol–water partition coefficient (Wildman–Crippen LogP) is 4.15. The first kappa shape index (κ1) is 21.1. The van der Waals surface area contributed by atoms with Crippen LogP contribution in [0.15, 0.2) is 36.4 Å². The molecule has 1 aliphatic heterocycles. The molecule has 2 aromatic rings. The van der Waals surface area contributed by atoms with E-state index in [-0.39, 0.29) is 18.9 Å². The Balaban J connectivity index is 1.55. The highest BCUT2D eigenvalue weighted by atomic mass is 35.5. The molecule has 3 rings (SSSR count). The van der Waals surface area contributed by atoms with E-state index in [1.165, 1.54) is 18.2 Å². The molecule has 1 atom stereocenters. The predicted molar refractivity (Wildman–Crippen MR) is 112 cm³/mol. The van der Waals surface area contributed by atoms with E-state index >= 15 is 0 Å². The average molecular weight is 435 g/mol. The number of carbonyl (C=O) groups excluding carboxylic acids is 3. The van der Waals surface area contributed by atoms with Gasteiger partial charge in [0.15, 0.2) is 6.61 Å². The van der Waals surface area contributed by atoms with Crippen LogP contribution in [0.2, 0.25) is 10.0 Å². The van der Waals surface area contributed by atoms with Crippen molar-refractivity contribution in [1.82, 2.24) is 0 Å². The van der Waals surface area contributed by atoms with Gasteiger partial charge in [-0.05, 0) is 55.3 Å². The molecule has 0 aliphatic carbocycles. The van der Waals surface area contributed by atoms with E-state index in [4.69, 9.17) is 27.9 Å². The van der Waals surface area contributed by atoms with Gasteiger partial charge in [0, 0.05) is 34.4 Å². The lowest BCUT2D eigenvalue weighted by Crippen LogP contribution is -2.28. The number of aryl methyl sites for hydroxylation is 2. The smallest absolute Gasteiger partial charge is 0.311 e. The number of nitrogens with zero attached hydrogens (tertiary/aromatic N) is 1. The lowest BCUT2D eigenvalue weighted by atomic mass is 10.1. The van der Waals surface area contributed by atoms with E-state index in [2.05, 4.69) is 5.32 Å². The van der Waals surface area contributed by atoms with E-state index in [9.17, 15) is 14.4 Å². The van der Waals surface area contributed by atoms with E-state index in [1.54, 1.807) is 4.90 Å². The Morgan fingerprint density at radius 3 is 2.45 bits per heavy atom. The maximum absolute atomic E-state index is 12.3. The zero-order valence-corrected chi connectivity index (χ0v) is 17.5. The summed E-state index contributed by atoms with van der Waals surface area (Å²) in [6.45, 7) is 3.73. The van der Waals surface area contributed by atoms with Crippen molar-refractivity contribution in [3.63, 3.8) is 0 Å². The molecule has 8 heteroatoms. The van der Waals surface area contributed by atoms with Crippen molar-refractivity contribution < 1.29 is 19.1 Å². The zero-order valence-electron chi connectivity index (χ0n) is 16.0. The van der Waals surface area contributed by atoms with Crippen molar-refractivity contribution in [3.05, 3.63) is 57.6 Å². The first-order valence-corrected chi connectivity index (χ1v) is 9.78. The monoisotopic (exact) mass is 434 g/mol. The second-order valence-corrected chi connectivity index (χ2v) is 7.86. The number of anilines is 2. The first-order chi connectivity index (χ1) is 13.7. The van der Waals surface area contributed by atoms with Crippen molar-refractivity contribution in [2.24, 2.45) is 5.92 Å². The molecule has 29 heavy (non-hydrogen) atoms. The van der Waals surface area contributed by atoms with Crippen LogP contribution in [0.1, 0.15) is 17.5 Å². The number of carbonyl (C=O) groups is 3. The highest BCUT2D eigenvalue weighted by Gasteiger charge is 2.36. The van der Waals surface area contributed by atoms with Crippen molar-refractivity contribution >= 4 is 52.4 Å². The maximum atomic E-state index is 12.3. The van der Waals surface area contributed by atoms with Crippen LogP contribution in [0.5, 0.6) is 0 Å². The topological polar surface area (TPSA) is 75.7 Å². The van der Waals surface area contributed by atoms with E-state index < -0.39 is 24.4 Å². The normalized spacial score (nSPS) is 16.1. The SMILES string of the molecule is Cc1ccc(N2C[C@H](C(=O)OCC(=O)Nc3cc(Cl)cc(Cl)c3)CC2=O)cc1C. The van der Waals surface area contributed by atoms with Crippen molar-refractivity contribution in [3.8, 4) is 0 Å². The van der Waals surface area contributed by atoms with Crippen LogP contribution in [0, 0.1) is 19.8 Å². The van der Waals surface area contributed by atoms with Crippen molar-refractivity contribution in [2.45, 2.75) is 20.3 Å². The summed E-state index contributed by atoms with van der Waals surface area (Å²) in [5.74, 6) is -1.86. The molecule has 0 bridgehead atoms. The molecule has 152 valence electrons. The molecule has 1 saturated heterocycles. The van der Waals surface area contributed by atoms with Crippen molar-refractivity contribution in [2.75, 3.05) is 23.4 Å². The average Bonchev–Trinajstić information content (AvgIpc) is 3.03. The number of rotatable bonds is 5. The molecule has 1 heterocycles. The van der Waals surface area contributed by atoms with Gasteiger partial charge in [0.1, 0.15) is 0 Å². The summed E-state index contributed by atoms with van der Waals surface area (Å²) in [5.41, 5.74) is 3.35. The molecule has 1 N–H and O–H groups in total. The number of esters is 1. The van der Waals surface area contributed by atoms with Gasteiger partial charge in [-0.3, -0.25) is 14.4 Å². The highest BCUT2D eigenvalue weighted by molar-refractivity contribution is 6.35. The highest BCUT2D eigenvalue weighted by Crippen LogP contribution is 2.27. The minimum atomic E-state index is -0.613. The third kappa shape index (κ3) is 5.28. The molecule has 0 radical (unpaired) electrons. The number of hydrogen-bond donors (Lipinski definition) is 1. The summed E-state index contributed by atoms with van der Waals surface area (Å²) in [6.07, 6.45) is 0.0529. The lowest BCUT2D eigenvalue weighted by molar-refractivity contribution is -0.151. The molecule has 0 aromatic heterocycles. The number of hydrogen-bond acceptors (Lipinski definition) is 4. The minimum Gasteiger partial charge on any atom is -0.455 e. The second-order valence-electron chi connectivity index (χ2n) is 6.99. The quantitative estimate of drug-likeness (QED) is 0.717. The molecular weight excluding hydrogens is 415 g/mol. The summed E-state index contributed by atoms with van der Waals surface area (Å²) < 4.78 is 5.10. The number of halogens is 2. The Morgan fingerprint density at radius 2 is 1.79 bits per heavy atom. The largest absolute Gasteiger partial charge is 0.455 e. The molecule has 2 aromatic carbocycles. The Bertz CT molecular complexity index is 957. The Hall–Kier alpha value is -2.57. The third-order valence-corrected chi connectivity index (χ3v) is 5.19. The van der Waals surface area contributed by atoms with Crippen LogP contribution in [0.25, 0.3) is 0 Å². The summed E-state index contributed by atoms with van der Waals surface area (Å²) in [5, 5.41) is 3.31. The van der Waals surface area contributed by atoms with Gasteiger partial charge in [0.25, 0.3) is 5.91 Å². The van der Waals surface area contributed by atoms with Gasteiger partial charge in [-0.15, -0.1) is 0 Å². The van der Waals surface area contributed by atoms with Gasteiger partial charge in [-0.1, -0.05) is 29.3 Å². The molecule has 1 aliphatic rings. The minimum absolute atomic E-state index is 0.0529. The summed E-state index contributed by atoms with van der Waals surface area (Å²) in [7, 11) is 0. The Labute approximate surface area is 178 Å². The fourth-order valence-corrected chi connectivity index (χ4v) is 3.61. The maximum Gasteiger partial charge on any atom is 0.311 e.